The Bertz CT molecular complexity index is 1020. The van der Waals surface area contributed by atoms with Gasteiger partial charge in [0.2, 0.25) is 6.17 Å². The Kier molecular flexibility index (Phi) is 4.53. The van der Waals surface area contributed by atoms with Gasteiger partial charge in [-0.2, -0.15) is 0 Å². The van der Waals surface area contributed by atoms with Crippen molar-refractivity contribution in [1.82, 2.24) is 9.47 Å². The molecule has 0 fully saturated rings. The zero-order valence-corrected chi connectivity index (χ0v) is 15.5. The molecule has 3 aromatic rings. The van der Waals surface area contributed by atoms with Gasteiger partial charge in [-0.3, -0.25) is 0 Å². The number of nitrogens with zero attached hydrogens (tertiary/aromatic N) is 2. The Hall–Kier alpha value is -2.57. The molecular weight excluding hydrogens is 369 g/mol. The van der Waals surface area contributed by atoms with Crippen LogP contribution in [0.2, 0.25) is 5.02 Å². The third-order valence-corrected chi connectivity index (χ3v) is 5.31. The summed E-state index contributed by atoms with van der Waals surface area (Å²) >= 11 is 6.47. The van der Waals surface area contributed by atoms with E-state index >= 15 is 0 Å². The number of hydrogen-bond acceptors (Lipinski definition) is 3. The molecule has 2 N–H and O–H groups in total. The van der Waals surface area contributed by atoms with E-state index in [1.807, 2.05) is 25.2 Å². The van der Waals surface area contributed by atoms with Crippen LogP contribution in [-0.2, 0) is 17.8 Å². The van der Waals surface area contributed by atoms with Crippen LogP contribution in [0.15, 0.2) is 42.5 Å². The molecule has 0 amide bonds. The molecule has 1 unspecified atom stereocenters. The highest BCUT2D eigenvalue weighted by molar-refractivity contribution is 6.35. The van der Waals surface area contributed by atoms with Crippen LogP contribution in [0, 0.1) is 5.82 Å². The maximum absolute atomic E-state index is 13.2. The normalized spacial score (nSPS) is 15.5. The van der Waals surface area contributed by atoms with Crippen LogP contribution in [0.4, 0.5) is 10.1 Å². The van der Waals surface area contributed by atoms with E-state index in [2.05, 4.69) is 10.2 Å². The molecule has 1 aliphatic rings. The van der Waals surface area contributed by atoms with Crippen molar-refractivity contribution in [3.05, 3.63) is 64.6 Å². The molecule has 0 radical (unpaired) electrons. The summed E-state index contributed by atoms with van der Waals surface area (Å²) in [5.41, 5.74) is 3.35. The lowest BCUT2D eigenvalue weighted by molar-refractivity contribution is -0.139. The molecule has 0 saturated carbocycles. The summed E-state index contributed by atoms with van der Waals surface area (Å²) in [4.78, 5) is 14.3. The number of carboxylic acids is 1. The molecule has 5 nitrogen and oxygen atoms in total. The predicted molar refractivity (Wildman–Crippen MR) is 104 cm³/mol. The van der Waals surface area contributed by atoms with Gasteiger partial charge >= 0.3 is 5.97 Å². The third kappa shape index (κ3) is 3.15. The zero-order valence-electron chi connectivity index (χ0n) is 14.7. The van der Waals surface area contributed by atoms with Crippen LogP contribution in [0.3, 0.4) is 0 Å². The lowest BCUT2D eigenvalue weighted by Gasteiger charge is -2.27. The largest absolute Gasteiger partial charge is 0.478 e. The average Bonchev–Trinajstić information content (AvgIpc) is 2.95. The number of carbonyl (C=O) groups is 1. The van der Waals surface area contributed by atoms with Crippen molar-refractivity contribution in [2.75, 3.05) is 18.9 Å². The quantitative estimate of drug-likeness (QED) is 0.707. The molecule has 0 spiro atoms. The minimum atomic E-state index is -1.04. The van der Waals surface area contributed by atoms with E-state index in [9.17, 15) is 14.3 Å². The van der Waals surface area contributed by atoms with Crippen LogP contribution in [0.5, 0.6) is 0 Å². The number of likely N-dealkylation sites (N-methyl/N-ethyl adjacent to an activating group) is 1. The number of aliphatic carboxylic acids is 1. The van der Waals surface area contributed by atoms with Gasteiger partial charge in [-0.05, 0) is 55.4 Å². The van der Waals surface area contributed by atoms with Gasteiger partial charge in [0.25, 0.3) is 0 Å². The van der Waals surface area contributed by atoms with Crippen molar-refractivity contribution < 1.29 is 14.3 Å². The van der Waals surface area contributed by atoms with Gasteiger partial charge in [-0.1, -0.05) is 17.7 Å². The first-order valence-electron chi connectivity index (χ1n) is 8.69. The maximum atomic E-state index is 13.2. The minimum Gasteiger partial charge on any atom is -0.478 e. The third-order valence-electron chi connectivity index (χ3n) is 5.00. The van der Waals surface area contributed by atoms with Crippen molar-refractivity contribution in [3.63, 3.8) is 0 Å². The fraction of sp³-hybridized carbons (Fsp3) is 0.250. The predicted octanol–water partition coefficient (Wildman–Crippen LogP) is 4.12. The molecule has 2 aromatic carbocycles. The Labute approximate surface area is 161 Å². The van der Waals surface area contributed by atoms with Crippen molar-refractivity contribution >= 4 is 34.2 Å². The van der Waals surface area contributed by atoms with Gasteiger partial charge < -0.3 is 19.9 Å². The fourth-order valence-electron chi connectivity index (χ4n) is 3.76. The number of hydrogen-bond donors (Lipinski definition) is 2. The molecule has 27 heavy (non-hydrogen) atoms. The van der Waals surface area contributed by atoms with Crippen LogP contribution in [0.1, 0.15) is 17.4 Å². The molecule has 2 heterocycles. The number of anilines is 1. The summed E-state index contributed by atoms with van der Waals surface area (Å²) in [6.07, 6.45) is -0.228. The lowest BCUT2D eigenvalue weighted by Crippen LogP contribution is -2.32. The monoisotopic (exact) mass is 387 g/mol. The standard InChI is InChI=1S/C20H19ClFN3O2/c1-24-10-9-14-17(11-24)25(16-4-2-3-15(21)18(14)16)19(20(26)27)23-13-7-5-12(22)6-8-13/h2-8,19,23H,9-11H2,1H3,(H,26,27). The van der Waals surface area contributed by atoms with Crippen LogP contribution >= 0.6 is 11.6 Å². The summed E-state index contributed by atoms with van der Waals surface area (Å²) < 4.78 is 15.0. The highest BCUT2D eigenvalue weighted by atomic mass is 35.5. The number of rotatable bonds is 4. The van der Waals surface area contributed by atoms with Gasteiger partial charge in [0.1, 0.15) is 5.82 Å². The van der Waals surface area contributed by atoms with E-state index in [0.717, 1.165) is 35.1 Å². The second kappa shape index (κ2) is 6.87. The first kappa shape index (κ1) is 17.8. The molecule has 140 valence electrons. The Morgan fingerprint density at radius 3 is 2.70 bits per heavy atom. The molecule has 7 heteroatoms. The smallest absolute Gasteiger partial charge is 0.347 e. The first-order valence-corrected chi connectivity index (χ1v) is 9.07. The molecule has 4 rings (SSSR count). The fourth-order valence-corrected chi connectivity index (χ4v) is 4.04. The highest BCUT2D eigenvalue weighted by Gasteiger charge is 2.30. The van der Waals surface area contributed by atoms with Gasteiger partial charge in [0, 0.05) is 29.9 Å². The maximum Gasteiger partial charge on any atom is 0.347 e. The van der Waals surface area contributed by atoms with E-state index in [1.165, 1.54) is 24.3 Å². The van der Waals surface area contributed by atoms with E-state index in [1.54, 1.807) is 4.57 Å². The number of aromatic nitrogens is 1. The van der Waals surface area contributed by atoms with Crippen molar-refractivity contribution in [1.29, 1.82) is 0 Å². The van der Waals surface area contributed by atoms with E-state index < -0.39 is 12.1 Å². The van der Waals surface area contributed by atoms with Gasteiger partial charge in [-0.15, -0.1) is 0 Å². The molecule has 0 saturated heterocycles. The van der Waals surface area contributed by atoms with E-state index in [4.69, 9.17) is 11.6 Å². The van der Waals surface area contributed by atoms with Crippen LogP contribution < -0.4 is 5.32 Å². The van der Waals surface area contributed by atoms with E-state index in [0.29, 0.717) is 17.3 Å². The molecule has 0 aliphatic carbocycles. The molecule has 1 aromatic heterocycles. The second-order valence-electron chi connectivity index (χ2n) is 6.81. The zero-order chi connectivity index (χ0) is 19.1. The topological polar surface area (TPSA) is 57.5 Å². The number of carboxylic acid groups (broad SMARTS) is 1. The summed E-state index contributed by atoms with van der Waals surface area (Å²) in [5.74, 6) is -1.39. The summed E-state index contributed by atoms with van der Waals surface area (Å²) in [6, 6.07) is 11.2. The summed E-state index contributed by atoms with van der Waals surface area (Å²) in [7, 11) is 2.01. The van der Waals surface area contributed by atoms with Gasteiger partial charge in [0.15, 0.2) is 0 Å². The second-order valence-corrected chi connectivity index (χ2v) is 7.22. The molecular formula is C20H19ClFN3O2. The summed E-state index contributed by atoms with van der Waals surface area (Å²) in [5, 5.41) is 14.5. The van der Waals surface area contributed by atoms with E-state index in [-0.39, 0.29) is 5.82 Å². The van der Waals surface area contributed by atoms with Gasteiger partial charge in [0.05, 0.1) is 10.5 Å². The minimum absolute atomic E-state index is 0.371. The van der Waals surface area contributed by atoms with Crippen molar-refractivity contribution in [3.8, 4) is 0 Å². The van der Waals surface area contributed by atoms with Crippen molar-refractivity contribution in [2.24, 2.45) is 0 Å². The Balaban J connectivity index is 1.89. The molecule has 1 atom stereocenters. The lowest BCUT2D eigenvalue weighted by atomic mass is 10.0. The van der Waals surface area contributed by atoms with Crippen LogP contribution in [0.25, 0.3) is 10.9 Å². The Morgan fingerprint density at radius 1 is 1.26 bits per heavy atom. The van der Waals surface area contributed by atoms with Gasteiger partial charge in [-0.25, -0.2) is 9.18 Å². The van der Waals surface area contributed by atoms with Crippen molar-refractivity contribution in [2.45, 2.75) is 19.1 Å². The van der Waals surface area contributed by atoms with Crippen LogP contribution in [-0.4, -0.2) is 34.1 Å². The first-order chi connectivity index (χ1) is 13.0. The summed E-state index contributed by atoms with van der Waals surface area (Å²) in [6.45, 7) is 1.52. The number of nitrogens with one attached hydrogen (secondary N) is 1. The average molecular weight is 388 g/mol. The Morgan fingerprint density at radius 2 is 2.00 bits per heavy atom. The SMILES string of the molecule is CN1CCc2c(n(C(Nc3ccc(F)cc3)C(=O)O)c3cccc(Cl)c23)C1. The molecule has 1 aliphatic heterocycles. The molecule has 0 bridgehead atoms. The number of fused-ring (bicyclic) bond motifs is 3. The number of halogens is 2. The number of benzene rings is 2. The highest BCUT2D eigenvalue weighted by Crippen LogP contribution is 2.37.